The molecule has 4 N–H and O–H groups in total. The molecule has 1 spiro atoms. The summed E-state index contributed by atoms with van der Waals surface area (Å²) in [6.07, 6.45) is 7.69. The SMILES string of the molecule is Cc1ccnc(C(=O)N2CC3(CC3)CC2CNC(=O)c2cnc[nH]2)c1N. The Morgan fingerprint density at radius 1 is 1.46 bits per heavy atom. The van der Waals surface area contributed by atoms with E-state index >= 15 is 0 Å². The zero-order chi connectivity index (χ0) is 18.3. The molecule has 1 aliphatic carbocycles. The average Bonchev–Trinajstić information content (AvgIpc) is 3.04. The van der Waals surface area contributed by atoms with Gasteiger partial charge in [0.2, 0.25) is 0 Å². The highest BCUT2D eigenvalue weighted by molar-refractivity contribution is 5.98. The van der Waals surface area contributed by atoms with E-state index in [1.54, 1.807) is 12.3 Å². The Bertz CT molecular complexity index is 843. The van der Waals surface area contributed by atoms with Crippen molar-refractivity contribution in [2.24, 2.45) is 5.41 Å². The van der Waals surface area contributed by atoms with Gasteiger partial charge in [0, 0.05) is 19.3 Å². The molecule has 1 saturated heterocycles. The van der Waals surface area contributed by atoms with Crippen LogP contribution >= 0.6 is 0 Å². The molecule has 8 nitrogen and oxygen atoms in total. The van der Waals surface area contributed by atoms with Crippen molar-refractivity contribution < 1.29 is 9.59 Å². The second-order valence-electron chi connectivity index (χ2n) is 7.36. The summed E-state index contributed by atoms with van der Waals surface area (Å²) in [5, 5.41) is 2.90. The lowest BCUT2D eigenvalue weighted by molar-refractivity contribution is 0.0715. The lowest BCUT2D eigenvalue weighted by atomic mass is 10.0. The third kappa shape index (κ3) is 2.91. The molecular weight excluding hydrogens is 332 g/mol. The normalized spacial score (nSPS) is 20.3. The summed E-state index contributed by atoms with van der Waals surface area (Å²) in [6.45, 7) is 2.96. The van der Waals surface area contributed by atoms with E-state index < -0.39 is 0 Å². The van der Waals surface area contributed by atoms with E-state index in [4.69, 9.17) is 5.73 Å². The van der Waals surface area contributed by atoms with Crippen LogP contribution in [-0.4, -0.2) is 50.8 Å². The topological polar surface area (TPSA) is 117 Å². The first-order valence-corrected chi connectivity index (χ1v) is 8.78. The van der Waals surface area contributed by atoms with Gasteiger partial charge in [-0.3, -0.25) is 9.59 Å². The van der Waals surface area contributed by atoms with Gasteiger partial charge in [0.15, 0.2) is 5.69 Å². The van der Waals surface area contributed by atoms with Gasteiger partial charge in [0.1, 0.15) is 5.69 Å². The number of H-pyrrole nitrogens is 1. The summed E-state index contributed by atoms with van der Waals surface area (Å²) >= 11 is 0. The molecule has 8 heteroatoms. The molecule has 3 heterocycles. The second-order valence-corrected chi connectivity index (χ2v) is 7.36. The first-order valence-electron chi connectivity index (χ1n) is 8.78. The van der Waals surface area contributed by atoms with E-state index in [9.17, 15) is 9.59 Å². The van der Waals surface area contributed by atoms with Gasteiger partial charge in [-0.1, -0.05) is 0 Å². The first kappa shape index (κ1) is 16.6. The molecule has 136 valence electrons. The van der Waals surface area contributed by atoms with Crippen LogP contribution in [0.2, 0.25) is 0 Å². The minimum atomic E-state index is -0.222. The number of pyridine rings is 1. The molecule has 0 bridgehead atoms. The number of nitrogens with two attached hydrogens (primary N) is 1. The summed E-state index contributed by atoms with van der Waals surface area (Å²) < 4.78 is 0. The zero-order valence-electron chi connectivity index (χ0n) is 14.7. The molecule has 26 heavy (non-hydrogen) atoms. The average molecular weight is 354 g/mol. The van der Waals surface area contributed by atoms with Crippen LogP contribution in [0.1, 0.15) is 45.8 Å². The molecule has 2 fully saturated rings. The summed E-state index contributed by atoms with van der Waals surface area (Å²) in [6, 6.07) is 1.74. The number of nitrogens with zero attached hydrogens (tertiary/aromatic N) is 3. The van der Waals surface area contributed by atoms with E-state index in [1.165, 1.54) is 12.5 Å². The molecule has 2 aromatic heterocycles. The predicted octanol–water partition coefficient (Wildman–Crippen LogP) is 1.12. The van der Waals surface area contributed by atoms with Crippen molar-refractivity contribution in [2.75, 3.05) is 18.8 Å². The number of aryl methyl sites for hydroxylation is 1. The van der Waals surface area contributed by atoms with Crippen molar-refractivity contribution in [3.63, 3.8) is 0 Å². The second kappa shape index (κ2) is 6.12. The van der Waals surface area contributed by atoms with Crippen LogP contribution in [0.4, 0.5) is 5.69 Å². The van der Waals surface area contributed by atoms with E-state index in [2.05, 4.69) is 20.3 Å². The number of amides is 2. The number of nitrogens with one attached hydrogen (secondary N) is 2. The number of imidazole rings is 1. The number of aromatic nitrogens is 3. The van der Waals surface area contributed by atoms with Gasteiger partial charge in [-0.25, -0.2) is 9.97 Å². The van der Waals surface area contributed by atoms with E-state index in [-0.39, 0.29) is 23.3 Å². The summed E-state index contributed by atoms with van der Waals surface area (Å²) in [5.74, 6) is -0.379. The van der Waals surface area contributed by atoms with Crippen molar-refractivity contribution in [3.8, 4) is 0 Å². The van der Waals surface area contributed by atoms with Gasteiger partial charge in [-0.15, -0.1) is 0 Å². The molecule has 0 aromatic carbocycles. The van der Waals surface area contributed by atoms with Crippen LogP contribution in [0.25, 0.3) is 0 Å². The Morgan fingerprint density at radius 2 is 2.27 bits per heavy atom. The highest BCUT2D eigenvalue weighted by atomic mass is 16.2. The lowest BCUT2D eigenvalue weighted by Crippen LogP contribution is -2.43. The smallest absolute Gasteiger partial charge is 0.274 e. The van der Waals surface area contributed by atoms with Crippen LogP contribution in [-0.2, 0) is 0 Å². The molecule has 4 rings (SSSR count). The molecule has 2 aromatic rings. The fourth-order valence-corrected chi connectivity index (χ4v) is 3.69. The number of likely N-dealkylation sites (tertiary alicyclic amines) is 1. The summed E-state index contributed by atoms with van der Waals surface area (Å²) in [5.41, 5.74) is 8.25. The first-order chi connectivity index (χ1) is 12.5. The molecule has 1 atom stereocenters. The molecule has 2 amide bonds. The quantitative estimate of drug-likeness (QED) is 0.761. The highest BCUT2D eigenvalue weighted by Crippen LogP contribution is 2.54. The van der Waals surface area contributed by atoms with Gasteiger partial charge in [-0.2, -0.15) is 0 Å². The molecule has 1 unspecified atom stereocenters. The summed E-state index contributed by atoms with van der Waals surface area (Å²) in [4.78, 5) is 37.9. The largest absolute Gasteiger partial charge is 0.397 e. The number of anilines is 1. The molecule has 0 radical (unpaired) electrons. The molecule has 1 aliphatic heterocycles. The maximum Gasteiger partial charge on any atom is 0.274 e. The lowest BCUT2D eigenvalue weighted by Gasteiger charge is -2.25. The minimum Gasteiger partial charge on any atom is -0.397 e. The van der Waals surface area contributed by atoms with Crippen LogP contribution in [0.5, 0.6) is 0 Å². The number of aromatic amines is 1. The third-order valence-corrected chi connectivity index (χ3v) is 5.48. The van der Waals surface area contributed by atoms with Gasteiger partial charge >= 0.3 is 0 Å². The Hall–Kier alpha value is -2.90. The maximum absolute atomic E-state index is 13.1. The number of rotatable bonds is 4. The highest BCUT2D eigenvalue weighted by Gasteiger charge is 2.53. The van der Waals surface area contributed by atoms with Gasteiger partial charge < -0.3 is 20.9 Å². The number of carbonyl (C=O) groups excluding carboxylic acids is 2. The monoisotopic (exact) mass is 354 g/mol. The molecule has 2 aliphatic rings. The summed E-state index contributed by atoms with van der Waals surface area (Å²) in [7, 11) is 0. The maximum atomic E-state index is 13.1. The Morgan fingerprint density at radius 3 is 2.96 bits per heavy atom. The minimum absolute atomic E-state index is 0.0569. The number of hydrogen-bond donors (Lipinski definition) is 3. The fraction of sp³-hybridized carbons (Fsp3) is 0.444. The van der Waals surface area contributed by atoms with E-state index in [1.807, 2.05) is 11.8 Å². The standard InChI is InChI=1S/C18H22N6O2/c1-11-2-5-21-15(14(11)19)17(26)24-9-18(3-4-18)6-12(24)7-22-16(25)13-8-20-10-23-13/h2,5,8,10,12H,3-4,6-7,9,19H2,1H3,(H,20,23)(H,22,25). The van der Waals surface area contributed by atoms with Crippen LogP contribution in [0.15, 0.2) is 24.8 Å². The number of hydrogen-bond acceptors (Lipinski definition) is 5. The van der Waals surface area contributed by atoms with Crippen molar-refractivity contribution in [3.05, 3.63) is 41.7 Å². The fourth-order valence-electron chi connectivity index (χ4n) is 3.69. The van der Waals surface area contributed by atoms with Crippen LogP contribution in [0.3, 0.4) is 0 Å². The molecule has 1 saturated carbocycles. The number of carbonyl (C=O) groups is 2. The van der Waals surface area contributed by atoms with Gasteiger partial charge in [0.25, 0.3) is 11.8 Å². The number of nitrogen functional groups attached to an aromatic ring is 1. The van der Waals surface area contributed by atoms with Crippen LogP contribution < -0.4 is 11.1 Å². The van der Waals surface area contributed by atoms with Crippen molar-refractivity contribution in [1.82, 2.24) is 25.2 Å². The van der Waals surface area contributed by atoms with E-state index in [0.29, 0.717) is 30.2 Å². The van der Waals surface area contributed by atoms with Crippen molar-refractivity contribution in [2.45, 2.75) is 32.2 Å². The zero-order valence-corrected chi connectivity index (χ0v) is 14.7. The molecular formula is C18H22N6O2. The van der Waals surface area contributed by atoms with Gasteiger partial charge in [0.05, 0.1) is 24.3 Å². The Balaban J connectivity index is 1.51. The van der Waals surface area contributed by atoms with Crippen molar-refractivity contribution in [1.29, 1.82) is 0 Å². The predicted molar refractivity (Wildman–Crippen MR) is 95.4 cm³/mol. The Labute approximate surface area is 151 Å². The third-order valence-electron chi connectivity index (χ3n) is 5.48. The Kier molecular flexibility index (Phi) is 3.90. The van der Waals surface area contributed by atoms with Crippen molar-refractivity contribution >= 4 is 17.5 Å². The van der Waals surface area contributed by atoms with Gasteiger partial charge in [-0.05, 0) is 43.2 Å². The van der Waals surface area contributed by atoms with Crippen LogP contribution in [0, 0.1) is 12.3 Å². The van der Waals surface area contributed by atoms with E-state index in [0.717, 1.165) is 24.8 Å².